The number of benzene rings is 2. The number of hydrogen-bond acceptors (Lipinski definition) is 2. The molecule has 0 saturated heterocycles. The van der Waals surface area contributed by atoms with Crippen LogP contribution in [0.25, 0.3) is 10.8 Å². The molecule has 0 saturated carbocycles. The molecule has 0 atom stereocenters. The van der Waals surface area contributed by atoms with Crippen molar-refractivity contribution in [2.24, 2.45) is 0 Å². The Hall–Kier alpha value is -1.64. The van der Waals surface area contributed by atoms with Crippen LogP contribution in [0.4, 0.5) is 5.69 Å². The molecule has 0 spiro atoms. The number of phenols is 1. The average Bonchev–Trinajstić information content (AvgIpc) is 2.29. The van der Waals surface area contributed by atoms with Crippen molar-refractivity contribution in [3.63, 3.8) is 0 Å². The molecule has 80 valence electrons. The number of nitrogens with one attached hydrogen (secondary N) is 1. The van der Waals surface area contributed by atoms with Crippen molar-refractivity contribution in [2.45, 2.75) is 20.3 Å². The summed E-state index contributed by atoms with van der Waals surface area (Å²) in [6.45, 7) is 4.06. The lowest BCUT2D eigenvalue weighted by molar-refractivity contribution is 0.475. The first-order chi connectivity index (χ1) is 7.67. The van der Waals surface area contributed by atoms with E-state index in [2.05, 4.69) is 11.3 Å². The molecule has 3 heteroatoms. The minimum atomic E-state index is 0.370. The van der Waals surface area contributed by atoms with E-state index in [0.717, 1.165) is 34.0 Å². The summed E-state index contributed by atoms with van der Waals surface area (Å²) < 4.78 is 0. The summed E-state index contributed by atoms with van der Waals surface area (Å²) in [6, 6.07) is 7.81. The van der Waals surface area contributed by atoms with Crippen molar-refractivity contribution in [1.82, 2.24) is 0 Å². The smallest absolute Gasteiger partial charge is 0.222 e. The van der Waals surface area contributed by atoms with E-state index in [-0.39, 0.29) is 0 Å². The lowest BCUT2D eigenvalue weighted by Crippen LogP contribution is -1.92. The van der Waals surface area contributed by atoms with Gasteiger partial charge in [-0.3, -0.25) is 0 Å². The second-order valence-electron chi connectivity index (χ2n) is 3.95. The maximum absolute atomic E-state index is 10.2. The minimum Gasteiger partial charge on any atom is -0.507 e. The summed E-state index contributed by atoms with van der Waals surface area (Å²) >= 11 is 0. The maximum atomic E-state index is 10.2. The van der Waals surface area contributed by atoms with Gasteiger partial charge in [0.05, 0.1) is 0 Å². The Balaban J connectivity index is 2.78. The van der Waals surface area contributed by atoms with Gasteiger partial charge >= 0.3 is 0 Å². The van der Waals surface area contributed by atoms with Crippen LogP contribution in [-0.4, -0.2) is 13.1 Å². The third-order valence-electron chi connectivity index (χ3n) is 2.96. The summed E-state index contributed by atoms with van der Waals surface area (Å²) in [5, 5.41) is 14.6. The quantitative estimate of drug-likeness (QED) is 0.748. The van der Waals surface area contributed by atoms with Gasteiger partial charge in [0, 0.05) is 11.1 Å². The van der Waals surface area contributed by atoms with Gasteiger partial charge in [0.2, 0.25) is 7.98 Å². The summed E-state index contributed by atoms with van der Waals surface area (Å²) in [5.41, 5.74) is 2.93. The topological polar surface area (TPSA) is 32.3 Å². The van der Waals surface area contributed by atoms with Gasteiger partial charge in [-0.2, -0.15) is 0 Å². The van der Waals surface area contributed by atoms with E-state index < -0.39 is 0 Å². The van der Waals surface area contributed by atoms with Crippen molar-refractivity contribution in [3.8, 4) is 5.75 Å². The number of fused-ring (bicyclic) bond motifs is 1. The van der Waals surface area contributed by atoms with Crippen LogP contribution in [-0.2, 0) is 6.42 Å². The number of aryl methyl sites for hydroxylation is 1. The van der Waals surface area contributed by atoms with Gasteiger partial charge in [-0.1, -0.05) is 19.1 Å². The van der Waals surface area contributed by atoms with Crippen LogP contribution < -0.4 is 5.23 Å². The molecular formula is C13H14BNO. The Labute approximate surface area is 96.7 Å². The first-order valence-corrected chi connectivity index (χ1v) is 5.39. The first kappa shape index (κ1) is 10.9. The molecule has 2 nitrogen and oxygen atoms in total. The SMILES string of the molecule is [B]Nc1ccc2cc(C)c(CC)c(O)c2c1. The standard InChI is InChI=1S/C13H14BNO/c1-3-11-8(2)6-9-4-5-10(15-14)7-12(9)13(11)16/h4-7,15-16H,3H2,1-2H3. The highest BCUT2D eigenvalue weighted by Crippen LogP contribution is 2.33. The fourth-order valence-corrected chi connectivity index (χ4v) is 2.09. The molecule has 2 aromatic carbocycles. The van der Waals surface area contributed by atoms with Crippen LogP contribution in [0.2, 0.25) is 0 Å². The van der Waals surface area contributed by atoms with E-state index >= 15 is 0 Å². The molecule has 2 N–H and O–H groups in total. The molecule has 0 aliphatic heterocycles. The Bertz CT molecular complexity index is 537. The zero-order chi connectivity index (χ0) is 11.7. The molecule has 2 aromatic rings. The molecule has 0 aromatic heterocycles. The van der Waals surface area contributed by atoms with Crippen LogP contribution in [0.5, 0.6) is 5.75 Å². The van der Waals surface area contributed by atoms with Crippen molar-refractivity contribution in [3.05, 3.63) is 35.4 Å². The lowest BCUT2D eigenvalue weighted by atomic mass is 9.98. The van der Waals surface area contributed by atoms with Crippen LogP contribution >= 0.6 is 0 Å². The van der Waals surface area contributed by atoms with E-state index in [4.69, 9.17) is 7.98 Å². The number of phenolic OH excluding ortho intramolecular Hbond substituents is 1. The normalized spacial score (nSPS) is 10.6. The molecule has 16 heavy (non-hydrogen) atoms. The predicted molar refractivity (Wildman–Crippen MR) is 69.1 cm³/mol. The van der Waals surface area contributed by atoms with Gasteiger partial charge in [0.15, 0.2) is 0 Å². The average molecular weight is 211 g/mol. The highest BCUT2D eigenvalue weighted by molar-refractivity contribution is 6.16. The summed E-state index contributed by atoms with van der Waals surface area (Å²) in [5.74, 6) is 0.370. The van der Waals surface area contributed by atoms with Crippen LogP contribution in [0, 0.1) is 6.92 Å². The van der Waals surface area contributed by atoms with Gasteiger partial charge in [-0.15, -0.1) is 0 Å². The number of aromatic hydroxyl groups is 1. The lowest BCUT2D eigenvalue weighted by Gasteiger charge is -2.11. The van der Waals surface area contributed by atoms with Crippen molar-refractivity contribution < 1.29 is 5.11 Å². The Morgan fingerprint density at radius 2 is 2.06 bits per heavy atom. The van der Waals surface area contributed by atoms with Crippen LogP contribution in [0.1, 0.15) is 18.1 Å². The third kappa shape index (κ3) is 1.62. The fraction of sp³-hybridized carbons (Fsp3) is 0.231. The Morgan fingerprint density at radius 3 is 2.69 bits per heavy atom. The second kappa shape index (κ2) is 4.09. The van der Waals surface area contributed by atoms with Crippen LogP contribution in [0.3, 0.4) is 0 Å². The molecule has 0 bridgehead atoms. The number of rotatable bonds is 2. The second-order valence-corrected chi connectivity index (χ2v) is 3.95. The zero-order valence-electron chi connectivity index (χ0n) is 9.54. The number of hydrogen-bond donors (Lipinski definition) is 2. The zero-order valence-corrected chi connectivity index (χ0v) is 9.54. The van der Waals surface area contributed by atoms with E-state index in [0.29, 0.717) is 5.75 Å². The minimum absolute atomic E-state index is 0.370. The number of anilines is 1. The van der Waals surface area contributed by atoms with Gasteiger partial charge in [0.1, 0.15) is 5.75 Å². The highest BCUT2D eigenvalue weighted by Gasteiger charge is 2.08. The van der Waals surface area contributed by atoms with Crippen molar-refractivity contribution in [1.29, 1.82) is 0 Å². The van der Waals surface area contributed by atoms with Gasteiger partial charge < -0.3 is 10.3 Å². The predicted octanol–water partition coefficient (Wildman–Crippen LogP) is 2.91. The molecule has 2 radical (unpaired) electrons. The molecule has 0 fully saturated rings. The Morgan fingerprint density at radius 1 is 1.31 bits per heavy atom. The van der Waals surface area contributed by atoms with Gasteiger partial charge in [0.25, 0.3) is 0 Å². The molecule has 0 heterocycles. The summed E-state index contributed by atoms with van der Waals surface area (Å²) in [4.78, 5) is 0. The first-order valence-electron chi connectivity index (χ1n) is 5.39. The van der Waals surface area contributed by atoms with E-state index in [9.17, 15) is 5.11 Å². The molecule has 0 aliphatic carbocycles. The van der Waals surface area contributed by atoms with Crippen LogP contribution in [0.15, 0.2) is 24.3 Å². The highest BCUT2D eigenvalue weighted by atomic mass is 16.3. The fourth-order valence-electron chi connectivity index (χ4n) is 2.09. The third-order valence-corrected chi connectivity index (χ3v) is 2.96. The van der Waals surface area contributed by atoms with Crippen molar-refractivity contribution in [2.75, 3.05) is 5.23 Å². The van der Waals surface area contributed by atoms with E-state index in [1.54, 1.807) is 0 Å². The van der Waals surface area contributed by atoms with Gasteiger partial charge in [-0.05, 0) is 42.0 Å². The maximum Gasteiger partial charge on any atom is 0.222 e. The van der Waals surface area contributed by atoms with E-state index in [1.165, 1.54) is 0 Å². The van der Waals surface area contributed by atoms with E-state index in [1.807, 2.05) is 32.0 Å². The monoisotopic (exact) mass is 211 g/mol. The molecule has 2 rings (SSSR count). The molecule has 0 aliphatic rings. The summed E-state index contributed by atoms with van der Waals surface area (Å²) in [6.07, 6.45) is 0.827. The molecular weight excluding hydrogens is 197 g/mol. The molecule has 0 unspecified atom stereocenters. The van der Waals surface area contributed by atoms with Gasteiger partial charge in [-0.25, -0.2) is 0 Å². The summed E-state index contributed by atoms with van der Waals surface area (Å²) in [7, 11) is 5.36. The largest absolute Gasteiger partial charge is 0.507 e. The van der Waals surface area contributed by atoms with Crippen molar-refractivity contribution >= 4 is 24.4 Å². The molecule has 0 amide bonds. The Kier molecular flexibility index (Phi) is 2.78.